The molecule has 1 heterocycles. The number of carboxylic acids is 1. The van der Waals surface area contributed by atoms with E-state index in [2.05, 4.69) is 10.1 Å². The van der Waals surface area contributed by atoms with Crippen molar-refractivity contribution in [1.82, 2.24) is 14.8 Å². The van der Waals surface area contributed by atoms with Crippen LogP contribution in [0.5, 0.6) is 5.75 Å². The van der Waals surface area contributed by atoms with Crippen LogP contribution in [0.3, 0.4) is 0 Å². The van der Waals surface area contributed by atoms with Crippen LogP contribution in [0, 0.1) is 6.92 Å². The molecular formula is C13H15N3O3. The predicted octanol–water partition coefficient (Wildman–Crippen LogP) is 1.60. The summed E-state index contributed by atoms with van der Waals surface area (Å²) in [6.45, 7) is 1.80. The molecule has 0 unspecified atom stereocenters. The van der Waals surface area contributed by atoms with E-state index in [0.717, 1.165) is 11.3 Å². The number of aliphatic carboxylic acids is 1. The minimum Gasteiger partial charge on any atom is -0.494 e. The first kappa shape index (κ1) is 13.1. The lowest BCUT2D eigenvalue weighted by atomic mass is 10.1. The molecule has 0 aliphatic heterocycles. The molecule has 100 valence electrons. The second-order valence-corrected chi connectivity index (χ2v) is 4.14. The van der Waals surface area contributed by atoms with Gasteiger partial charge in [0.1, 0.15) is 23.6 Å². The molecule has 0 atom stereocenters. The van der Waals surface area contributed by atoms with Crippen molar-refractivity contribution in [2.45, 2.75) is 19.8 Å². The highest BCUT2D eigenvalue weighted by Gasteiger charge is 2.09. The van der Waals surface area contributed by atoms with E-state index in [4.69, 9.17) is 9.84 Å². The van der Waals surface area contributed by atoms with Crippen molar-refractivity contribution < 1.29 is 14.6 Å². The monoisotopic (exact) mass is 261 g/mol. The highest BCUT2D eigenvalue weighted by molar-refractivity contribution is 5.67. The smallest absolute Gasteiger partial charge is 0.303 e. The fourth-order valence-electron chi connectivity index (χ4n) is 1.78. The molecule has 0 fully saturated rings. The van der Waals surface area contributed by atoms with Crippen molar-refractivity contribution in [3.63, 3.8) is 0 Å². The molecule has 0 saturated heterocycles. The summed E-state index contributed by atoms with van der Waals surface area (Å²) in [5.41, 5.74) is 1.68. The molecule has 6 nitrogen and oxygen atoms in total. The van der Waals surface area contributed by atoms with Crippen molar-refractivity contribution in [1.29, 1.82) is 0 Å². The fourth-order valence-corrected chi connectivity index (χ4v) is 1.78. The molecule has 0 amide bonds. The van der Waals surface area contributed by atoms with E-state index in [1.165, 1.54) is 0 Å². The van der Waals surface area contributed by atoms with Gasteiger partial charge in [0.2, 0.25) is 0 Å². The second-order valence-electron chi connectivity index (χ2n) is 4.14. The van der Waals surface area contributed by atoms with Crippen molar-refractivity contribution in [2.24, 2.45) is 0 Å². The lowest BCUT2D eigenvalue weighted by Gasteiger charge is -2.10. The maximum Gasteiger partial charge on any atom is 0.303 e. The average molecular weight is 261 g/mol. The van der Waals surface area contributed by atoms with Gasteiger partial charge in [-0.05, 0) is 31.0 Å². The fraction of sp³-hybridized carbons (Fsp3) is 0.308. The number of benzene rings is 1. The maximum atomic E-state index is 10.6. The Kier molecular flexibility index (Phi) is 3.79. The number of hydrogen-bond donors (Lipinski definition) is 1. The molecule has 19 heavy (non-hydrogen) atoms. The molecule has 0 bridgehead atoms. The Morgan fingerprint density at radius 1 is 1.47 bits per heavy atom. The zero-order valence-electron chi connectivity index (χ0n) is 10.8. The Balaban J connectivity index is 2.34. The van der Waals surface area contributed by atoms with E-state index in [-0.39, 0.29) is 6.42 Å². The van der Waals surface area contributed by atoms with Crippen LogP contribution in [0.1, 0.15) is 17.8 Å². The number of carboxylic acid groups (broad SMARTS) is 1. The molecule has 0 saturated carbocycles. The quantitative estimate of drug-likeness (QED) is 0.884. The molecule has 0 aliphatic carbocycles. The lowest BCUT2D eigenvalue weighted by molar-refractivity contribution is -0.136. The van der Waals surface area contributed by atoms with Crippen LogP contribution in [0.15, 0.2) is 24.5 Å². The Hall–Kier alpha value is -2.37. The summed E-state index contributed by atoms with van der Waals surface area (Å²) in [6.07, 6.45) is 2.18. The molecule has 0 spiro atoms. The highest BCUT2D eigenvalue weighted by Crippen LogP contribution is 2.24. The normalized spacial score (nSPS) is 10.4. The summed E-state index contributed by atoms with van der Waals surface area (Å²) < 4.78 is 6.91. The third-order valence-corrected chi connectivity index (χ3v) is 2.72. The number of hydrogen-bond acceptors (Lipinski definition) is 4. The third kappa shape index (κ3) is 3.09. The zero-order chi connectivity index (χ0) is 13.8. The van der Waals surface area contributed by atoms with E-state index in [0.29, 0.717) is 18.0 Å². The topological polar surface area (TPSA) is 77.2 Å². The first-order valence-corrected chi connectivity index (χ1v) is 5.87. The summed E-state index contributed by atoms with van der Waals surface area (Å²) in [5, 5.41) is 12.9. The van der Waals surface area contributed by atoms with Crippen LogP contribution in [0.4, 0.5) is 0 Å². The van der Waals surface area contributed by atoms with E-state index in [1.807, 2.05) is 18.2 Å². The molecule has 6 heteroatoms. The summed E-state index contributed by atoms with van der Waals surface area (Å²) in [4.78, 5) is 14.7. The lowest BCUT2D eigenvalue weighted by Crippen LogP contribution is -2.02. The third-order valence-electron chi connectivity index (χ3n) is 2.72. The molecule has 2 aromatic rings. The van der Waals surface area contributed by atoms with E-state index >= 15 is 0 Å². The van der Waals surface area contributed by atoms with Crippen molar-refractivity contribution in [3.8, 4) is 11.4 Å². The first-order valence-electron chi connectivity index (χ1n) is 5.87. The molecular weight excluding hydrogens is 246 g/mol. The predicted molar refractivity (Wildman–Crippen MR) is 68.6 cm³/mol. The Morgan fingerprint density at radius 3 is 2.84 bits per heavy atom. The Labute approximate surface area is 110 Å². The number of aryl methyl sites for hydroxylation is 2. The van der Waals surface area contributed by atoms with Gasteiger partial charge in [0.05, 0.1) is 7.11 Å². The van der Waals surface area contributed by atoms with Gasteiger partial charge < -0.3 is 9.84 Å². The minimum absolute atomic E-state index is 0.0994. The van der Waals surface area contributed by atoms with Crippen LogP contribution >= 0.6 is 0 Å². The van der Waals surface area contributed by atoms with E-state index in [1.54, 1.807) is 25.0 Å². The van der Waals surface area contributed by atoms with E-state index in [9.17, 15) is 4.79 Å². The van der Waals surface area contributed by atoms with Gasteiger partial charge >= 0.3 is 5.97 Å². The molecule has 2 rings (SSSR count). The SMILES string of the molecule is COc1ccc(CCC(=O)O)cc1-n1cnc(C)n1. The minimum atomic E-state index is -0.811. The van der Waals surface area contributed by atoms with E-state index < -0.39 is 5.97 Å². The van der Waals surface area contributed by atoms with Gasteiger partial charge in [0, 0.05) is 6.42 Å². The second kappa shape index (κ2) is 5.51. The number of methoxy groups -OCH3 is 1. The standard InChI is InChI=1S/C13H15N3O3/c1-9-14-8-16(15-9)11-7-10(4-6-13(17)18)3-5-12(11)19-2/h3,5,7-8H,4,6H2,1-2H3,(H,17,18). The van der Waals surface area contributed by atoms with Gasteiger partial charge in [-0.2, -0.15) is 5.10 Å². The van der Waals surface area contributed by atoms with Gasteiger partial charge in [0.15, 0.2) is 0 Å². The number of carbonyl (C=O) groups is 1. The van der Waals surface area contributed by atoms with Crippen LogP contribution in [-0.2, 0) is 11.2 Å². The summed E-state index contributed by atoms with van der Waals surface area (Å²) in [6, 6.07) is 5.54. The molecule has 1 N–H and O–H groups in total. The van der Waals surface area contributed by atoms with Gasteiger partial charge in [-0.1, -0.05) is 6.07 Å². The van der Waals surface area contributed by atoms with Crippen LogP contribution in [0.2, 0.25) is 0 Å². The molecule has 1 aromatic carbocycles. The summed E-state index contributed by atoms with van der Waals surface area (Å²) in [5.74, 6) is 0.524. The van der Waals surface area contributed by atoms with Gasteiger partial charge in [-0.15, -0.1) is 0 Å². The van der Waals surface area contributed by atoms with Gasteiger partial charge in [0.25, 0.3) is 0 Å². The number of rotatable bonds is 5. The van der Waals surface area contributed by atoms with Crippen molar-refractivity contribution >= 4 is 5.97 Å². The average Bonchev–Trinajstić information content (AvgIpc) is 2.82. The maximum absolute atomic E-state index is 10.6. The largest absolute Gasteiger partial charge is 0.494 e. The number of aromatic nitrogens is 3. The van der Waals surface area contributed by atoms with Crippen LogP contribution in [0.25, 0.3) is 5.69 Å². The first-order chi connectivity index (χ1) is 9.10. The molecule has 1 aromatic heterocycles. The van der Waals surface area contributed by atoms with Crippen LogP contribution < -0.4 is 4.74 Å². The summed E-state index contributed by atoms with van der Waals surface area (Å²) in [7, 11) is 1.58. The zero-order valence-corrected chi connectivity index (χ0v) is 10.8. The Morgan fingerprint density at radius 2 is 2.26 bits per heavy atom. The number of nitrogens with zero attached hydrogens (tertiary/aromatic N) is 3. The highest BCUT2D eigenvalue weighted by atomic mass is 16.5. The number of ether oxygens (including phenoxy) is 1. The molecule has 0 radical (unpaired) electrons. The van der Waals surface area contributed by atoms with Gasteiger partial charge in [-0.3, -0.25) is 4.79 Å². The van der Waals surface area contributed by atoms with Crippen molar-refractivity contribution in [2.75, 3.05) is 7.11 Å². The van der Waals surface area contributed by atoms with Crippen LogP contribution in [-0.4, -0.2) is 33.0 Å². The molecule has 0 aliphatic rings. The summed E-state index contributed by atoms with van der Waals surface area (Å²) >= 11 is 0. The van der Waals surface area contributed by atoms with Gasteiger partial charge in [-0.25, -0.2) is 9.67 Å². The van der Waals surface area contributed by atoms with Crippen molar-refractivity contribution in [3.05, 3.63) is 35.9 Å². The Bertz CT molecular complexity index is 593.